The van der Waals surface area contributed by atoms with E-state index in [0.717, 1.165) is 0 Å². The van der Waals surface area contributed by atoms with Crippen molar-refractivity contribution in [2.75, 3.05) is 13.2 Å². The first-order valence-corrected chi connectivity index (χ1v) is 6.46. The van der Waals surface area contributed by atoms with Crippen molar-refractivity contribution in [1.29, 1.82) is 0 Å². The van der Waals surface area contributed by atoms with Crippen LogP contribution in [0, 0.1) is 5.41 Å². The molecule has 0 bridgehead atoms. The van der Waals surface area contributed by atoms with E-state index in [9.17, 15) is 9.67 Å². The van der Waals surface area contributed by atoms with Gasteiger partial charge in [0.1, 0.15) is 0 Å². The summed E-state index contributed by atoms with van der Waals surface area (Å²) in [5.41, 5.74) is -0.514. The highest BCUT2D eigenvalue weighted by atomic mass is 31.2. The van der Waals surface area contributed by atoms with E-state index in [1.54, 1.807) is 34.6 Å². The zero-order valence-electron chi connectivity index (χ0n) is 9.61. The quantitative estimate of drug-likeness (QED) is 0.729. The molecular formula is C9H21O4P. The number of hydrogen-bond acceptors (Lipinski definition) is 4. The molecule has 0 heterocycles. The Hall–Kier alpha value is 0.110. The SMILES string of the molecule is CCOP(=O)(OCC)C(O)C(C)(C)C. The standard InChI is InChI=1S/C9H21O4P/c1-6-12-14(11,13-7-2)8(10)9(3,4)5/h8,10H,6-7H2,1-5H3. The minimum Gasteiger partial charge on any atom is -0.380 e. The maximum atomic E-state index is 12.1. The summed E-state index contributed by atoms with van der Waals surface area (Å²) >= 11 is 0. The fraction of sp³-hybridized carbons (Fsp3) is 1.00. The highest BCUT2D eigenvalue weighted by Crippen LogP contribution is 2.57. The van der Waals surface area contributed by atoms with E-state index in [0.29, 0.717) is 0 Å². The number of hydrogen-bond donors (Lipinski definition) is 1. The second kappa shape index (κ2) is 5.26. The Labute approximate surface area is 86.1 Å². The van der Waals surface area contributed by atoms with Crippen molar-refractivity contribution in [1.82, 2.24) is 0 Å². The molecule has 5 heteroatoms. The van der Waals surface area contributed by atoms with Crippen molar-refractivity contribution >= 4 is 7.60 Å². The molecule has 0 aromatic carbocycles. The molecule has 1 unspecified atom stereocenters. The molecule has 0 fully saturated rings. The average molecular weight is 224 g/mol. The van der Waals surface area contributed by atoms with Gasteiger partial charge in [0, 0.05) is 0 Å². The van der Waals surface area contributed by atoms with Gasteiger partial charge >= 0.3 is 7.60 Å². The van der Waals surface area contributed by atoms with Gasteiger partial charge in [-0.25, -0.2) is 0 Å². The summed E-state index contributed by atoms with van der Waals surface area (Å²) < 4.78 is 22.1. The topological polar surface area (TPSA) is 55.8 Å². The molecule has 1 atom stereocenters. The van der Waals surface area contributed by atoms with Crippen molar-refractivity contribution in [3.05, 3.63) is 0 Å². The van der Waals surface area contributed by atoms with E-state index in [2.05, 4.69) is 0 Å². The summed E-state index contributed by atoms with van der Waals surface area (Å²) in [7, 11) is -3.38. The highest BCUT2D eigenvalue weighted by Gasteiger charge is 2.41. The fourth-order valence-electron chi connectivity index (χ4n) is 1.01. The number of aliphatic hydroxyl groups is 1. The molecule has 0 radical (unpaired) electrons. The summed E-state index contributed by atoms with van der Waals surface area (Å²) in [5.74, 6) is -1.09. The molecule has 0 rings (SSSR count). The molecule has 86 valence electrons. The van der Waals surface area contributed by atoms with Crippen molar-refractivity contribution in [2.24, 2.45) is 5.41 Å². The van der Waals surface area contributed by atoms with Crippen LogP contribution in [-0.4, -0.2) is 24.2 Å². The van der Waals surface area contributed by atoms with Crippen LogP contribution in [0.2, 0.25) is 0 Å². The van der Waals surface area contributed by atoms with E-state index >= 15 is 0 Å². The van der Waals surface area contributed by atoms with Gasteiger partial charge < -0.3 is 14.2 Å². The van der Waals surface area contributed by atoms with Crippen LogP contribution in [0.4, 0.5) is 0 Å². The molecule has 0 aliphatic carbocycles. The number of rotatable bonds is 5. The Kier molecular flexibility index (Phi) is 5.31. The van der Waals surface area contributed by atoms with E-state index < -0.39 is 18.9 Å². The van der Waals surface area contributed by atoms with Gasteiger partial charge in [-0.05, 0) is 19.3 Å². The van der Waals surface area contributed by atoms with Gasteiger partial charge in [-0.3, -0.25) is 4.57 Å². The summed E-state index contributed by atoms with van der Waals surface area (Å²) in [6.07, 6.45) is 0. The molecule has 0 aromatic heterocycles. The smallest absolute Gasteiger partial charge is 0.359 e. The Morgan fingerprint density at radius 2 is 1.57 bits per heavy atom. The van der Waals surface area contributed by atoms with Crippen LogP contribution in [0.25, 0.3) is 0 Å². The first-order valence-electron chi connectivity index (χ1n) is 4.84. The lowest BCUT2D eigenvalue weighted by molar-refractivity contribution is 0.0815. The molecule has 0 aromatic rings. The van der Waals surface area contributed by atoms with Crippen LogP contribution in [-0.2, 0) is 13.6 Å². The first-order chi connectivity index (χ1) is 6.28. The second-order valence-corrected chi connectivity index (χ2v) is 6.20. The van der Waals surface area contributed by atoms with Gasteiger partial charge in [0.05, 0.1) is 13.2 Å². The van der Waals surface area contributed by atoms with E-state index in [1.807, 2.05) is 0 Å². The molecule has 1 N–H and O–H groups in total. The third-order valence-electron chi connectivity index (χ3n) is 1.69. The van der Waals surface area contributed by atoms with Crippen molar-refractivity contribution in [3.63, 3.8) is 0 Å². The van der Waals surface area contributed by atoms with Gasteiger partial charge in [-0.1, -0.05) is 20.8 Å². The summed E-state index contributed by atoms with van der Waals surface area (Å²) in [6.45, 7) is 9.37. The molecule has 14 heavy (non-hydrogen) atoms. The summed E-state index contributed by atoms with van der Waals surface area (Å²) in [4.78, 5) is 0. The lowest BCUT2D eigenvalue weighted by Gasteiger charge is -2.31. The molecule has 0 saturated carbocycles. The number of aliphatic hydroxyl groups excluding tert-OH is 1. The molecule has 4 nitrogen and oxygen atoms in total. The van der Waals surface area contributed by atoms with Gasteiger partial charge in [0.2, 0.25) is 0 Å². The van der Waals surface area contributed by atoms with Crippen LogP contribution in [0.3, 0.4) is 0 Å². The first kappa shape index (κ1) is 14.1. The Morgan fingerprint density at radius 3 is 1.79 bits per heavy atom. The molecule has 0 aliphatic rings. The molecule has 0 spiro atoms. The maximum absolute atomic E-state index is 12.1. The molecule has 0 saturated heterocycles. The lowest BCUT2D eigenvalue weighted by Crippen LogP contribution is -2.27. The van der Waals surface area contributed by atoms with E-state index in [1.165, 1.54) is 0 Å². The zero-order chi connectivity index (χ0) is 11.4. The van der Waals surface area contributed by atoms with Gasteiger partial charge in [-0.15, -0.1) is 0 Å². The van der Waals surface area contributed by atoms with E-state index in [-0.39, 0.29) is 13.2 Å². The molecule has 0 aliphatic heterocycles. The van der Waals surface area contributed by atoms with Crippen LogP contribution in [0.15, 0.2) is 0 Å². The van der Waals surface area contributed by atoms with Crippen LogP contribution < -0.4 is 0 Å². The van der Waals surface area contributed by atoms with Crippen LogP contribution in [0.5, 0.6) is 0 Å². The molecule has 0 amide bonds. The summed E-state index contributed by atoms with van der Waals surface area (Å²) in [6, 6.07) is 0. The Balaban J connectivity index is 4.73. The fourth-order valence-corrected chi connectivity index (χ4v) is 3.04. The third kappa shape index (κ3) is 3.70. The maximum Gasteiger partial charge on any atom is 0.359 e. The van der Waals surface area contributed by atoms with Crippen molar-refractivity contribution in [3.8, 4) is 0 Å². The predicted molar refractivity (Wildman–Crippen MR) is 56.3 cm³/mol. The van der Waals surface area contributed by atoms with Crippen molar-refractivity contribution in [2.45, 2.75) is 40.5 Å². The zero-order valence-corrected chi connectivity index (χ0v) is 10.5. The Bertz CT molecular complexity index is 199. The Morgan fingerprint density at radius 1 is 1.21 bits per heavy atom. The predicted octanol–water partition coefficient (Wildman–Crippen LogP) is 2.62. The van der Waals surface area contributed by atoms with Crippen LogP contribution >= 0.6 is 7.60 Å². The van der Waals surface area contributed by atoms with Gasteiger partial charge in [-0.2, -0.15) is 0 Å². The average Bonchev–Trinajstić information content (AvgIpc) is 2.02. The highest BCUT2D eigenvalue weighted by molar-refractivity contribution is 7.54. The third-order valence-corrected chi connectivity index (χ3v) is 4.30. The summed E-state index contributed by atoms with van der Waals surface area (Å²) in [5, 5.41) is 9.85. The largest absolute Gasteiger partial charge is 0.380 e. The van der Waals surface area contributed by atoms with Crippen LogP contribution in [0.1, 0.15) is 34.6 Å². The molecular weight excluding hydrogens is 203 g/mol. The van der Waals surface area contributed by atoms with Crippen molar-refractivity contribution < 1.29 is 18.7 Å². The minimum atomic E-state index is -3.38. The lowest BCUT2D eigenvalue weighted by atomic mass is 9.98. The second-order valence-electron chi connectivity index (χ2n) is 4.12. The van der Waals surface area contributed by atoms with Gasteiger partial charge in [0.15, 0.2) is 5.85 Å². The van der Waals surface area contributed by atoms with E-state index in [4.69, 9.17) is 9.05 Å². The normalized spacial score (nSPS) is 15.6. The minimum absolute atomic E-state index is 0.268. The monoisotopic (exact) mass is 224 g/mol. The van der Waals surface area contributed by atoms with Gasteiger partial charge in [0.25, 0.3) is 0 Å².